The molecule has 788 valence electrons. The Morgan fingerprint density at radius 1 is 0.212 bits per heavy atom. The largest absolute Gasteiger partial charge is 0.472 e. The molecule has 0 bridgehead atoms. The molecule has 0 aliphatic rings. The van der Waals surface area contributed by atoms with Crippen molar-refractivity contribution in [2.45, 2.75) is 514 Å². The lowest BCUT2D eigenvalue weighted by Gasteiger charge is -2.21. The van der Waals surface area contributed by atoms with Crippen LogP contribution in [-0.4, -0.2) is 95.9 Å². The van der Waals surface area contributed by atoms with Gasteiger partial charge in [-0.25, -0.2) is 9.13 Å². The van der Waals surface area contributed by atoms with Crippen LogP contribution in [-0.2, 0) is 55.8 Å². The van der Waals surface area contributed by atoms with Crippen molar-refractivity contribution in [1.29, 1.82) is 0 Å². The molecule has 0 amide bonds. The SMILES string of the molecule is CC/C=C\C/C=C\C/C=C\C/C=C\C/C=C\C/C=C\CCCCCCCCCCCCCCCCCCC(=O)OCC(O)COP(=O)(O)OCC(O)COP(=O)(O)OCC(COC(=O)CCCCCCCCCCCCCCCCCCCCC/C=C\C/C=C\C/C=C\C/C=C\CCCCC)OC(=O)CCCCCCCCCCCCCCCCC/C=C\C/C=C\C/C=C\C/C=C\C/C=C\CC. The van der Waals surface area contributed by atoms with E-state index < -0.39 is 91.5 Å². The van der Waals surface area contributed by atoms with Gasteiger partial charge >= 0.3 is 33.6 Å². The van der Waals surface area contributed by atoms with E-state index in [1.54, 1.807) is 0 Å². The summed E-state index contributed by atoms with van der Waals surface area (Å²) in [6.45, 7) is 2.53. The molecule has 5 unspecified atom stereocenters. The molecular formula is C119H206O16P2. The number of phosphoric ester groups is 2. The summed E-state index contributed by atoms with van der Waals surface area (Å²) in [4.78, 5) is 59.4. The summed E-state index contributed by atoms with van der Waals surface area (Å²) >= 11 is 0. The van der Waals surface area contributed by atoms with Crippen LogP contribution in [0.1, 0.15) is 496 Å². The van der Waals surface area contributed by atoms with Crippen molar-refractivity contribution in [3.05, 3.63) is 182 Å². The Kier molecular flexibility index (Phi) is 105. The fraction of sp³-hybridized carbons (Fsp3) is 0.723. The number of hydrogen-bond acceptors (Lipinski definition) is 14. The zero-order valence-corrected chi connectivity index (χ0v) is 89.5. The van der Waals surface area contributed by atoms with Crippen molar-refractivity contribution < 1.29 is 75.8 Å². The average molecular weight is 1950 g/mol. The minimum absolute atomic E-state index is 0.103. The molecule has 18 heteroatoms. The Morgan fingerprint density at radius 2 is 0.387 bits per heavy atom. The first kappa shape index (κ1) is 132. The van der Waals surface area contributed by atoms with Crippen molar-refractivity contribution in [3.63, 3.8) is 0 Å². The minimum atomic E-state index is -4.95. The molecule has 0 spiro atoms. The lowest BCUT2D eigenvalue weighted by Crippen LogP contribution is -2.30. The van der Waals surface area contributed by atoms with Gasteiger partial charge in [-0.05, 0) is 161 Å². The zero-order valence-electron chi connectivity index (χ0n) is 87.7. The Balaban J connectivity index is 4.59. The van der Waals surface area contributed by atoms with Gasteiger partial charge in [0.05, 0.1) is 26.4 Å². The van der Waals surface area contributed by atoms with Crippen molar-refractivity contribution in [2.24, 2.45) is 0 Å². The highest BCUT2D eigenvalue weighted by molar-refractivity contribution is 7.47. The molecular weight excluding hydrogens is 1750 g/mol. The molecule has 16 nitrogen and oxygen atoms in total. The number of unbranched alkanes of at least 4 members (excludes halogenated alkanes) is 53. The third-order valence-corrected chi connectivity index (χ3v) is 26.0. The van der Waals surface area contributed by atoms with Gasteiger partial charge < -0.3 is 34.2 Å². The predicted octanol–water partition coefficient (Wildman–Crippen LogP) is 36.2. The van der Waals surface area contributed by atoms with Gasteiger partial charge in [0, 0.05) is 19.3 Å². The normalized spacial score (nSPS) is 14.2. The van der Waals surface area contributed by atoms with Gasteiger partial charge in [0.2, 0.25) is 0 Å². The number of rotatable bonds is 106. The highest BCUT2D eigenvalue weighted by atomic mass is 31.2. The molecule has 0 fully saturated rings. The predicted molar refractivity (Wildman–Crippen MR) is 583 cm³/mol. The maximum absolute atomic E-state index is 13.2. The second-order valence-corrected chi connectivity index (χ2v) is 40.3. The highest BCUT2D eigenvalue weighted by Crippen LogP contribution is 2.45. The van der Waals surface area contributed by atoms with Crippen LogP contribution in [0.4, 0.5) is 0 Å². The smallest absolute Gasteiger partial charge is 0.463 e. The highest BCUT2D eigenvalue weighted by Gasteiger charge is 2.30. The molecule has 0 rings (SSSR count). The Morgan fingerprint density at radius 3 is 0.613 bits per heavy atom. The quantitative estimate of drug-likeness (QED) is 0.0146. The second-order valence-electron chi connectivity index (χ2n) is 37.4. The first-order valence-corrected chi connectivity index (χ1v) is 59.1. The van der Waals surface area contributed by atoms with E-state index in [0.717, 1.165) is 161 Å². The summed E-state index contributed by atoms with van der Waals surface area (Å²) in [5.41, 5.74) is 0. The minimum Gasteiger partial charge on any atom is -0.463 e. The molecule has 0 aromatic heterocycles. The van der Waals surface area contributed by atoms with Crippen LogP contribution in [0.15, 0.2) is 182 Å². The van der Waals surface area contributed by atoms with E-state index in [4.69, 9.17) is 32.3 Å². The van der Waals surface area contributed by atoms with Crippen molar-refractivity contribution in [3.8, 4) is 0 Å². The van der Waals surface area contributed by atoms with Gasteiger partial charge in [0.1, 0.15) is 25.4 Å². The van der Waals surface area contributed by atoms with Crippen LogP contribution in [0, 0.1) is 0 Å². The number of carbonyl (C=O) groups is 3. The zero-order chi connectivity index (χ0) is 99.2. The summed E-state index contributed by atoms with van der Waals surface area (Å²) < 4.78 is 61.9. The Hall–Kier alpha value is -5.35. The van der Waals surface area contributed by atoms with Crippen LogP contribution in [0.5, 0.6) is 0 Å². The Bertz CT molecular complexity index is 3220. The van der Waals surface area contributed by atoms with Crippen LogP contribution >= 0.6 is 15.6 Å². The molecule has 0 aromatic rings. The van der Waals surface area contributed by atoms with Crippen molar-refractivity contribution >= 4 is 33.6 Å². The van der Waals surface area contributed by atoms with Crippen LogP contribution in [0.2, 0.25) is 0 Å². The maximum Gasteiger partial charge on any atom is 0.472 e. The van der Waals surface area contributed by atoms with E-state index in [9.17, 15) is 43.5 Å². The average Bonchev–Trinajstić information content (AvgIpc) is 0.898. The van der Waals surface area contributed by atoms with Gasteiger partial charge in [-0.1, -0.05) is 498 Å². The summed E-state index contributed by atoms with van der Waals surface area (Å²) in [5, 5.41) is 20.8. The van der Waals surface area contributed by atoms with Crippen molar-refractivity contribution in [1.82, 2.24) is 0 Å². The second kappa shape index (κ2) is 109. The molecule has 0 saturated heterocycles. The molecule has 5 atom stereocenters. The summed E-state index contributed by atoms with van der Waals surface area (Å²) in [7, 11) is -9.82. The van der Waals surface area contributed by atoms with Crippen LogP contribution in [0.3, 0.4) is 0 Å². The van der Waals surface area contributed by atoms with Gasteiger partial charge in [-0.3, -0.25) is 32.5 Å². The third kappa shape index (κ3) is 111. The van der Waals surface area contributed by atoms with E-state index >= 15 is 0 Å². The molecule has 4 N–H and O–H groups in total. The first-order chi connectivity index (χ1) is 67.2. The standard InChI is InChI=1S/C119H206O16P2/c1-4-7-10-13-16-19-22-25-28-31-34-37-40-43-46-49-52-54-56-58-61-63-66-69-72-75-78-81-84-87-90-93-96-99-102-105-117(122)129-108-114(120)109-131-136(125,126)132-110-115(121)111-133-137(127,128)134-113-116(135-119(124)107-104-101-98-95-92-89-86-83-80-77-74-71-68-65-60-51-48-45-42-39-36-33-30-27-24-21-18-15-12-9-6-3)112-130-118(123)106-103-100-97-94-91-88-85-82-79-76-73-70-67-64-62-59-57-55-53-50-47-44-41-38-35-32-29-26-23-20-17-14-11-8-5-2/h7,9-10,12,16-21,25-30,34-39,43-48,52,54,114-116,120-121H,4-6,8,11,13-15,22-24,31-33,40-42,49-51,53,55-113H2,1-3H3,(H,125,126)(H,127,128)/b10-7-,12-9-,19-16-,20-17-,21-18-,28-25-,29-26-,30-27-,37-34-,38-35-,39-36-,46-43-,47-44-,48-45-,54-52-. The monoisotopic (exact) mass is 1950 g/mol. The molecule has 0 radical (unpaired) electrons. The number of phosphoric acid groups is 2. The molecule has 0 aliphatic carbocycles. The summed E-state index contributed by atoms with van der Waals surface area (Å²) in [5.74, 6) is -1.55. The van der Waals surface area contributed by atoms with E-state index in [1.165, 1.54) is 276 Å². The number of aliphatic hydroxyl groups is 2. The van der Waals surface area contributed by atoms with Crippen LogP contribution in [0.25, 0.3) is 0 Å². The number of ether oxygens (including phenoxy) is 3. The van der Waals surface area contributed by atoms with Gasteiger partial charge in [0.15, 0.2) is 6.10 Å². The number of hydrogen-bond donors (Lipinski definition) is 4. The van der Waals surface area contributed by atoms with E-state index in [-0.39, 0.29) is 19.3 Å². The number of esters is 3. The Labute approximate surface area is 840 Å². The van der Waals surface area contributed by atoms with Gasteiger partial charge in [-0.2, -0.15) is 0 Å². The third-order valence-electron chi connectivity index (χ3n) is 24.1. The van der Waals surface area contributed by atoms with E-state index in [1.807, 2.05) is 0 Å². The topological polar surface area (TPSA) is 231 Å². The molecule has 0 heterocycles. The molecule has 137 heavy (non-hydrogen) atoms. The number of carbonyl (C=O) groups excluding carboxylic acids is 3. The van der Waals surface area contributed by atoms with Crippen molar-refractivity contribution in [2.75, 3.05) is 39.6 Å². The van der Waals surface area contributed by atoms with E-state index in [2.05, 4.69) is 203 Å². The fourth-order valence-corrected chi connectivity index (χ4v) is 17.3. The first-order valence-electron chi connectivity index (χ1n) is 56.1. The summed E-state index contributed by atoms with van der Waals surface area (Å²) in [6.07, 6.45) is 147. The summed E-state index contributed by atoms with van der Waals surface area (Å²) in [6, 6.07) is 0. The lowest BCUT2D eigenvalue weighted by molar-refractivity contribution is -0.161. The number of aliphatic hydroxyl groups excluding tert-OH is 2. The lowest BCUT2D eigenvalue weighted by atomic mass is 10.0. The van der Waals surface area contributed by atoms with Gasteiger partial charge in [0.25, 0.3) is 0 Å². The van der Waals surface area contributed by atoms with Crippen LogP contribution < -0.4 is 0 Å². The van der Waals surface area contributed by atoms with Gasteiger partial charge in [-0.15, -0.1) is 0 Å². The fourth-order valence-electron chi connectivity index (χ4n) is 15.7. The number of allylic oxidation sites excluding steroid dienone is 30. The molecule has 0 aromatic carbocycles. The van der Waals surface area contributed by atoms with E-state index in [0.29, 0.717) is 19.3 Å². The maximum atomic E-state index is 13.2. The molecule has 0 aliphatic heterocycles. The molecule has 0 saturated carbocycles.